The molecule has 0 aliphatic heterocycles. The number of ether oxygens (including phenoxy) is 1. The van der Waals surface area contributed by atoms with Crippen molar-refractivity contribution in [3.63, 3.8) is 0 Å². The Morgan fingerprint density at radius 3 is 2.33 bits per heavy atom. The largest absolute Gasteiger partial charge is 0.490 e. The third-order valence-corrected chi connectivity index (χ3v) is 6.40. The van der Waals surface area contributed by atoms with Gasteiger partial charge < -0.3 is 15.6 Å². The number of nitrogens with zero attached hydrogens (tertiary/aromatic N) is 3. The second-order valence-corrected chi connectivity index (χ2v) is 8.98. The number of nitrogen functional groups attached to an aromatic ring is 1. The maximum Gasteiger partial charge on any atom is 0.304 e. The summed E-state index contributed by atoms with van der Waals surface area (Å²) in [6.07, 6.45) is 1.07. The second kappa shape index (κ2) is 11.9. The van der Waals surface area contributed by atoms with Crippen LogP contribution in [0.2, 0.25) is 5.02 Å². The van der Waals surface area contributed by atoms with Crippen LogP contribution in [0.15, 0.2) is 66.2 Å². The van der Waals surface area contributed by atoms with Crippen molar-refractivity contribution < 1.29 is 19.4 Å². The number of nitrogens with two attached hydrogens (primary N) is 1. The highest BCUT2D eigenvalue weighted by Crippen LogP contribution is 2.38. The number of carboxylic acids is 1. The van der Waals surface area contributed by atoms with E-state index in [2.05, 4.69) is 11.6 Å². The van der Waals surface area contributed by atoms with Gasteiger partial charge in [-0.1, -0.05) is 48.2 Å². The molecule has 0 bridgehead atoms. The van der Waals surface area contributed by atoms with Crippen LogP contribution < -0.4 is 10.5 Å². The summed E-state index contributed by atoms with van der Waals surface area (Å²) in [6, 6.07) is 16.7. The molecule has 1 aromatic heterocycles. The second-order valence-electron chi connectivity index (χ2n) is 7.35. The number of hydrogen-bond acceptors (Lipinski definition) is 8. The number of carbonyl (C=O) groups excluding carboxylic acids is 1. The van der Waals surface area contributed by atoms with Gasteiger partial charge in [0.15, 0.2) is 5.78 Å². The Kier molecular flexibility index (Phi) is 8.69. The number of thioether (sulfide) groups is 1. The molecule has 0 aliphatic rings. The van der Waals surface area contributed by atoms with Crippen LogP contribution in [0.3, 0.4) is 0 Å². The highest BCUT2D eigenvalue weighted by molar-refractivity contribution is 8.00. The van der Waals surface area contributed by atoms with Gasteiger partial charge in [0.05, 0.1) is 17.2 Å². The van der Waals surface area contributed by atoms with Gasteiger partial charge in [-0.3, -0.25) is 9.59 Å². The topological polar surface area (TPSA) is 150 Å². The average molecular weight is 519 g/mol. The molecule has 3 aromatic rings. The van der Waals surface area contributed by atoms with E-state index in [9.17, 15) is 25.2 Å². The fourth-order valence-corrected chi connectivity index (χ4v) is 4.61. The highest BCUT2D eigenvalue weighted by Gasteiger charge is 2.28. The highest BCUT2D eigenvalue weighted by atomic mass is 35.5. The first-order chi connectivity index (χ1) is 17.3. The Balaban J connectivity index is 2.09. The van der Waals surface area contributed by atoms with Gasteiger partial charge >= 0.3 is 5.97 Å². The van der Waals surface area contributed by atoms with E-state index < -0.39 is 23.4 Å². The molecule has 3 rings (SSSR count). The van der Waals surface area contributed by atoms with Gasteiger partial charge in [0.25, 0.3) is 0 Å². The molecule has 0 amide bonds. The molecule has 36 heavy (non-hydrogen) atoms. The number of Topliss-reactive ketones (excluding diaryl/α,β-unsaturated/α-hetero) is 1. The van der Waals surface area contributed by atoms with Crippen molar-refractivity contribution in [2.24, 2.45) is 0 Å². The molecule has 1 unspecified atom stereocenters. The lowest BCUT2D eigenvalue weighted by Crippen LogP contribution is -2.22. The molecular formula is C26H19ClN4O4S. The number of rotatable bonds is 10. The quantitative estimate of drug-likeness (QED) is 0.212. The van der Waals surface area contributed by atoms with E-state index >= 15 is 0 Å². The molecule has 0 fully saturated rings. The number of pyridine rings is 1. The fourth-order valence-electron chi connectivity index (χ4n) is 3.33. The normalized spacial score (nSPS) is 11.1. The number of aliphatic carboxylic acids is 1. The van der Waals surface area contributed by atoms with Crippen molar-refractivity contribution in [3.8, 4) is 29.0 Å². The predicted octanol–water partition coefficient (Wildman–Crippen LogP) is 5.11. The molecule has 2 aromatic carbocycles. The van der Waals surface area contributed by atoms with Crippen LogP contribution in [-0.2, 0) is 4.79 Å². The zero-order valence-electron chi connectivity index (χ0n) is 18.8. The number of aromatic nitrogens is 1. The van der Waals surface area contributed by atoms with Gasteiger partial charge in [-0.2, -0.15) is 10.5 Å². The molecule has 1 atom stereocenters. The third kappa shape index (κ3) is 6.02. The summed E-state index contributed by atoms with van der Waals surface area (Å²) < 4.78 is 5.48. The maximum absolute atomic E-state index is 13.1. The molecule has 10 heteroatoms. The van der Waals surface area contributed by atoms with Crippen molar-refractivity contribution in [2.75, 3.05) is 12.3 Å². The zero-order valence-corrected chi connectivity index (χ0v) is 20.3. The Morgan fingerprint density at radius 2 is 1.78 bits per heavy atom. The molecule has 180 valence electrons. The Hall–Kier alpha value is -4.31. The van der Waals surface area contributed by atoms with Crippen molar-refractivity contribution in [1.29, 1.82) is 10.5 Å². The van der Waals surface area contributed by atoms with Gasteiger partial charge in [-0.25, -0.2) is 4.98 Å². The standard InChI is InChI=1S/C26H19ClN4O4S/c1-2-11-35-18-9-5-15(6-10-18)23-19(13-28)25(30)31-26(20(23)14-29)36-21(12-22(32)33)24(34)16-3-7-17(27)8-4-16/h2-10,21H,1,11-12H2,(H2,30,31)(H,32,33). The van der Waals surface area contributed by atoms with E-state index in [-0.39, 0.29) is 33.1 Å². The van der Waals surface area contributed by atoms with Crippen LogP contribution in [0.25, 0.3) is 11.1 Å². The number of carboxylic acid groups (broad SMARTS) is 1. The van der Waals surface area contributed by atoms with Crippen LogP contribution in [0, 0.1) is 22.7 Å². The Labute approximate surface area is 216 Å². The monoisotopic (exact) mass is 518 g/mol. The van der Waals surface area contributed by atoms with Gasteiger partial charge in [0, 0.05) is 16.1 Å². The van der Waals surface area contributed by atoms with Gasteiger partial charge in [-0.05, 0) is 42.0 Å². The molecule has 3 N–H and O–H groups in total. The number of ketones is 1. The Morgan fingerprint density at radius 1 is 1.14 bits per heavy atom. The summed E-state index contributed by atoms with van der Waals surface area (Å²) in [7, 11) is 0. The van der Waals surface area contributed by atoms with E-state index in [0.717, 1.165) is 11.8 Å². The molecule has 8 nitrogen and oxygen atoms in total. The summed E-state index contributed by atoms with van der Waals surface area (Å²) in [6.45, 7) is 3.90. The van der Waals surface area contributed by atoms with Crippen LogP contribution in [0.1, 0.15) is 27.9 Å². The third-order valence-electron chi connectivity index (χ3n) is 4.96. The Bertz CT molecular complexity index is 1390. The first-order valence-electron chi connectivity index (χ1n) is 10.4. The lowest BCUT2D eigenvalue weighted by molar-refractivity contribution is -0.136. The van der Waals surface area contributed by atoms with Crippen molar-refractivity contribution in [1.82, 2.24) is 4.98 Å². The molecule has 0 saturated heterocycles. The van der Waals surface area contributed by atoms with Crippen LogP contribution in [-0.4, -0.2) is 33.7 Å². The van der Waals surface area contributed by atoms with Crippen molar-refractivity contribution in [2.45, 2.75) is 16.7 Å². The lowest BCUT2D eigenvalue weighted by atomic mass is 9.97. The zero-order chi connectivity index (χ0) is 26.2. The van der Waals surface area contributed by atoms with E-state index in [1.54, 1.807) is 30.3 Å². The maximum atomic E-state index is 13.1. The number of nitriles is 2. The van der Waals surface area contributed by atoms with Crippen LogP contribution in [0.4, 0.5) is 5.82 Å². The minimum atomic E-state index is -1.20. The summed E-state index contributed by atoms with van der Waals surface area (Å²) in [5.41, 5.74) is 7.06. The summed E-state index contributed by atoms with van der Waals surface area (Å²) in [5, 5.41) is 28.5. The summed E-state index contributed by atoms with van der Waals surface area (Å²) >= 11 is 6.71. The fraction of sp³-hybridized carbons (Fsp3) is 0.115. The summed E-state index contributed by atoms with van der Waals surface area (Å²) in [5.74, 6) is -1.26. The molecular weight excluding hydrogens is 500 g/mol. The van der Waals surface area contributed by atoms with Crippen LogP contribution >= 0.6 is 23.4 Å². The SMILES string of the molecule is C=CCOc1ccc(-c2c(C#N)c(N)nc(SC(CC(=O)O)C(=O)c3ccc(Cl)cc3)c2C#N)cc1. The molecule has 0 radical (unpaired) electrons. The average Bonchev–Trinajstić information content (AvgIpc) is 2.87. The smallest absolute Gasteiger partial charge is 0.304 e. The predicted molar refractivity (Wildman–Crippen MR) is 137 cm³/mol. The van der Waals surface area contributed by atoms with Gasteiger partial charge in [-0.15, -0.1) is 0 Å². The first kappa shape index (κ1) is 26.3. The van der Waals surface area contributed by atoms with Crippen molar-refractivity contribution in [3.05, 3.63) is 82.9 Å². The van der Waals surface area contributed by atoms with E-state index in [4.69, 9.17) is 22.1 Å². The van der Waals surface area contributed by atoms with E-state index in [1.807, 2.05) is 12.1 Å². The molecule has 0 saturated carbocycles. The minimum Gasteiger partial charge on any atom is -0.490 e. The van der Waals surface area contributed by atoms with E-state index in [1.165, 1.54) is 24.3 Å². The van der Waals surface area contributed by atoms with Gasteiger partial charge in [0.2, 0.25) is 0 Å². The molecule has 0 spiro atoms. The summed E-state index contributed by atoms with van der Waals surface area (Å²) in [4.78, 5) is 28.9. The number of anilines is 1. The van der Waals surface area contributed by atoms with Crippen molar-refractivity contribution >= 4 is 40.9 Å². The van der Waals surface area contributed by atoms with Gasteiger partial charge in [0.1, 0.15) is 40.9 Å². The number of benzene rings is 2. The number of hydrogen-bond donors (Lipinski definition) is 2. The lowest BCUT2D eigenvalue weighted by Gasteiger charge is -2.17. The number of carbonyl (C=O) groups is 2. The number of halogens is 1. The van der Waals surface area contributed by atoms with E-state index in [0.29, 0.717) is 22.9 Å². The van der Waals surface area contributed by atoms with Crippen LogP contribution in [0.5, 0.6) is 5.75 Å². The first-order valence-corrected chi connectivity index (χ1v) is 11.7. The molecule has 0 aliphatic carbocycles. The molecule has 1 heterocycles. The minimum absolute atomic E-state index is 0.00445.